The number of benzene rings is 2. The molecule has 2 aromatic carbocycles. The maximum atomic E-state index is 13.0. The number of amides is 3. The Kier molecular flexibility index (Phi) is 5.68. The highest BCUT2D eigenvalue weighted by molar-refractivity contribution is 6.09. The van der Waals surface area contributed by atoms with E-state index in [0.29, 0.717) is 19.7 Å². The normalized spacial score (nSPS) is 24.4. The number of likely N-dealkylation sites (tertiary alicyclic amines) is 1. The summed E-state index contributed by atoms with van der Waals surface area (Å²) in [5.74, 6) is -0.507. The molecule has 0 N–H and O–H groups in total. The van der Waals surface area contributed by atoms with E-state index in [4.69, 9.17) is 4.74 Å². The topological polar surface area (TPSA) is 66.9 Å². The third-order valence-electron chi connectivity index (χ3n) is 6.07. The Morgan fingerprint density at radius 3 is 2.43 bits per heavy atom. The zero-order chi connectivity index (χ0) is 21.1. The van der Waals surface area contributed by atoms with Crippen LogP contribution in [0.25, 0.3) is 0 Å². The van der Waals surface area contributed by atoms with E-state index in [1.165, 1.54) is 4.90 Å². The highest BCUT2D eigenvalue weighted by atomic mass is 16.5. The van der Waals surface area contributed by atoms with Crippen LogP contribution in [0.2, 0.25) is 0 Å². The maximum absolute atomic E-state index is 13.0. The fourth-order valence-electron chi connectivity index (χ4n) is 4.25. The van der Waals surface area contributed by atoms with E-state index < -0.39 is 5.41 Å². The molecule has 3 amide bonds. The average Bonchev–Trinajstić information content (AvgIpc) is 3.02. The van der Waals surface area contributed by atoms with Crippen LogP contribution >= 0.6 is 0 Å². The first-order valence-corrected chi connectivity index (χ1v) is 10.3. The van der Waals surface area contributed by atoms with E-state index in [2.05, 4.69) is 0 Å². The lowest BCUT2D eigenvalue weighted by molar-refractivity contribution is -0.142. The molecule has 2 saturated heterocycles. The summed E-state index contributed by atoms with van der Waals surface area (Å²) in [6.07, 6.45) is 0.113. The van der Waals surface area contributed by atoms with Gasteiger partial charge in [0.2, 0.25) is 17.7 Å². The molecule has 30 heavy (non-hydrogen) atoms. The molecular formula is C24H26N2O4. The SMILES string of the molecule is CC1(c2ccccc2)CC(=O)N(CCC(=O)N2CCOC(c3ccccc3)C2)C1=O. The maximum Gasteiger partial charge on any atom is 0.240 e. The highest BCUT2D eigenvalue weighted by Gasteiger charge is 2.49. The van der Waals surface area contributed by atoms with Crippen LogP contribution in [0, 0.1) is 0 Å². The number of ether oxygens (including phenoxy) is 1. The molecule has 2 aliphatic heterocycles. The molecule has 2 fully saturated rings. The van der Waals surface area contributed by atoms with Crippen molar-refractivity contribution in [2.45, 2.75) is 31.3 Å². The van der Waals surface area contributed by atoms with E-state index >= 15 is 0 Å². The summed E-state index contributed by atoms with van der Waals surface area (Å²) in [6, 6.07) is 19.2. The van der Waals surface area contributed by atoms with Gasteiger partial charge in [-0.05, 0) is 18.1 Å². The summed E-state index contributed by atoms with van der Waals surface area (Å²) in [4.78, 5) is 41.4. The molecule has 6 heteroatoms. The van der Waals surface area contributed by atoms with Gasteiger partial charge in [0.15, 0.2) is 0 Å². The summed E-state index contributed by atoms with van der Waals surface area (Å²) < 4.78 is 5.82. The van der Waals surface area contributed by atoms with Crippen molar-refractivity contribution >= 4 is 17.7 Å². The van der Waals surface area contributed by atoms with E-state index in [-0.39, 0.29) is 43.2 Å². The molecule has 2 aliphatic rings. The van der Waals surface area contributed by atoms with Crippen molar-refractivity contribution in [3.8, 4) is 0 Å². The van der Waals surface area contributed by atoms with Crippen molar-refractivity contribution in [1.29, 1.82) is 0 Å². The molecule has 2 heterocycles. The fourth-order valence-corrected chi connectivity index (χ4v) is 4.25. The Morgan fingerprint density at radius 2 is 1.73 bits per heavy atom. The molecule has 0 saturated carbocycles. The largest absolute Gasteiger partial charge is 0.370 e. The summed E-state index contributed by atoms with van der Waals surface area (Å²) in [7, 11) is 0. The first kappa shape index (κ1) is 20.3. The quantitative estimate of drug-likeness (QED) is 0.716. The number of nitrogens with zero attached hydrogens (tertiary/aromatic N) is 2. The van der Waals surface area contributed by atoms with Crippen LogP contribution in [-0.2, 0) is 24.5 Å². The van der Waals surface area contributed by atoms with E-state index in [1.54, 1.807) is 11.8 Å². The first-order valence-electron chi connectivity index (χ1n) is 10.3. The highest BCUT2D eigenvalue weighted by Crippen LogP contribution is 2.36. The zero-order valence-corrected chi connectivity index (χ0v) is 17.1. The van der Waals surface area contributed by atoms with Gasteiger partial charge in [-0.25, -0.2) is 0 Å². The minimum Gasteiger partial charge on any atom is -0.370 e. The molecular weight excluding hydrogens is 380 g/mol. The molecule has 2 aromatic rings. The van der Waals surface area contributed by atoms with Crippen LogP contribution in [0.5, 0.6) is 0 Å². The molecule has 156 valence electrons. The predicted octanol–water partition coefficient (Wildman–Crippen LogP) is 2.69. The lowest BCUT2D eigenvalue weighted by Crippen LogP contribution is -2.44. The smallest absolute Gasteiger partial charge is 0.240 e. The average molecular weight is 406 g/mol. The first-order chi connectivity index (χ1) is 14.5. The lowest BCUT2D eigenvalue weighted by atomic mass is 9.81. The van der Waals surface area contributed by atoms with Gasteiger partial charge in [-0.2, -0.15) is 0 Å². The zero-order valence-electron chi connectivity index (χ0n) is 17.1. The summed E-state index contributed by atoms with van der Waals surface area (Å²) in [5, 5.41) is 0. The molecule has 0 aliphatic carbocycles. The Balaban J connectivity index is 1.38. The van der Waals surface area contributed by atoms with Crippen LogP contribution in [0.1, 0.15) is 37.0 Å². The van der Waals surface area contributed by atoms with Gasteiger partial charge >= 0.3 is 0 Å². The molecule has 0 radical (unpaired) electrons. The molecule has 0 bridgehead atoms. The minimum atomic E-state index is -0.862. The number of morpholine rings is 1. The number of carbonyl (C=O) groups is 3. The van der Waals surface area contributed by atoms with Crippen molar-refractivity contribution in [3.05, 3.63) is 71.8 Å². The monoisotopic (exact) mass is 406 g/mol. The molecule has 0 spiro atoms. The summed E-state index contributed by atoms with van der Waals surface area (Å²) in [5.41, 5.74) is 1.01. The van der Waals surface area contributed by atoms with Crippen molar-refractivity contribution < 1.29 is 19.1 Å². The second kappa shape index (κ2) is 8.40. The van der Waals surface area contributed by atoms with E-state index in [1.807, 2.05) is 60.7 Å². The number of imide groups is 1. The summed E-state index contributed by atoms with van der Waals surface area (Å²) in [6.45, 7) is 3.39. The number of rotatable bonds is 5. The van der Waals surface area contributed by atoms with Crippen LogP contribution in [0.4, 0.5) is 0 Å². The Morgan fingerprint density at radius 1 is 1.07 bits per heavy atom. The van der Waals surface area contributed by atoms with Gasteiger partial charge in [0, 0.05) is 25.9 Å². The lowest BCUT2D eigenvalue weighted by Gasteiger charge is -2.33. The second-order valence-corrected chi connectivity index (χ2v) is 8.09. The molecule has 2 atom stereocenters. The molecule has 4 rings (SSSR count). The van der Waals surface area contributed by atoms with E-state index in [9.17, 15) is 14.4 Å². The summed E-state index contributed by atoms with van der Waals surface area (Å²) >= 11 is 0. The van der Waals surface area contributed by atoms with Gasteiger partial charge in [-0.3, -0.25) is 19.3 Å². The molecule has 2 unspecified atom stereocenters. The van der Waals surface area contributed by atoms with Crippen molar-refractivity contribution in [2.24, 2.45) is 0 Å². The van der Waals surface area contributed by atoms with Gasteiger partial charge < -0.3 is 9.64 Å². The molecule has 0 aromatic heterocycles. The van der Waals surface area contributed by atoms with Crippen molar-refractivity contribution in [2.75, 3.05) is 26.2 Å². The van der Waals surface area contributed by atoms with Gasteiger partial charge in [0.1, 0.15) is 6.10 Å². The number of hydrogen-bond acceptors (Lipinski definition) is 4. The van der Waals surface area contributed by atoms with E-state index in [0.717, 1.165) is 11.1 Å². The van der Waals surface area contributed by atoms with Crippen molar-refractivity contribution in [3.63, 3.8) is 0 Å². The Bertz CT molecular complexity index is 931. The fraction of sp³-hybridized carbons (Fsp3) is 0.375. The minimum absolute atomic E-state index is 0.0619. The standard InChI is InChI=1S/C24H26N2O4/c1-24(19-10-6-3-7-11-19)16-22(28)26(23(24)29)13-12-21(27)25-14-15-30-20(17-25)18-8-4-2-5-9-18/h2-11,20H,12-17H2,1H3. The van der Waals surface area contributed by atoms with Gasteiger partial charge in [0.05, 0.1) is 18.6 Å². The van der Waals surface area contributed by atoms with Gasteiger partial charge in [-0.15, -0.1) is 0 Å². The number of carbonyl (C=O) groups excluding carboxylic acids is 3. The second-order valence-electron chi connectivity index (χ2n) is 8.09. The van der Waals surface area contributed by atoms with Crippen LogP contribution in [-0.4, -0.2) is 53.8 Å². The van der Waals surface area contributed by atoms with Crippen molar-refractivity contribution in [1.82, 2.24) is 9.80 Å². The Hall–Kier alpha value is -2.99. The van der Waals surface area contributed by atoms with Crippen LogP contribution in [0.3, 0.4) is 0 Å². The van der Waals surface area contributed by atoms with Gasteiger partial charge in [0.25, 0.3) is 0 Å². The number of hydrogen-bond donors (Lipinski definition) is 0. The predicted molar refractivity (Wildman–Crippen MR) is 111 cm³/mol. The van der Waals surface area contributed by atoms with Crippen LogP contribution < -0.4 is 0 Å². The third-order valence-corrected chi connectivity index (χ3v) is 6.07. The van der Waals surface area contributed by atoms with Crippen LogP contribution in [0.15, 0.2) is 60.7 Å². The Labute approximate surface area is 176 Å². The van der Waals surface area contributed by atoms with Gasteiger partial charge in [-0.1, -0.05) is 60.7 Å². The third kappa shape index (κ3) is 3.87. The molecule has 6 nitrogen and oxygen atoms in total.